The number of hydrogen-bond acceptors (Lipinski definition) is 4. The molecule has 0 aromatic rings. The second-order valence-corrected chi connectivity index (χ2v) is 9.18. The zero-order chi connectivity index (χ0) is 22.2. The fourth-order valence-electron chi connectivity index (χ4n) is 4.96. The lowest BCUT2D eigenvalue weighted by Crippen LogP contribution is -2.45. The summed E-state index contributed by atoms with van der Waals surface area (Å²) >= 11 is 0. The van der Waals surface area contributed by atoms with Gasteiger partial charge >= 0.3 is 11.9 Å². The zero-order valence-electron chi connectivity index (χ0n) is 20.3. The normalized spacial score (nSPS) is 23.9. The molecule has 4 nitrogen and oxygen atoms in total. The van der Waals surface area contributed by atoms with Gasteiger partial charge < -0.3 is 9.47 Å². The molecule has 0 aromatic carbocycles. The molecule has 0 saturated heterocycles. The number of carbonyl (C=O) groups excluding carboxylic acids is 2. The number of ether oxygens (including phenoxy) is 2. The summed E-state index contributed by atoms with van der Waals surface area (Å²) in [4.78, 5) is 26.3. The maximum atomic E-state index is 13.1. The molecule has 1 saturated carbocycles. The molecule has 1 aliphatic rings. The minimum atomic E-state index is -0.326. The smallest absolute Gasteiger partial charge is 0.310 e. The van der Waals surface area contributed by atoms with Crippen LogP contribution in [0, 0.1) is 23.7 Å². The average molecular weight is 425 g/mol. The highest BCUT2D eigenvalue weighted by Crippen LogP contribution is 2.44. The first-order chi connectivity index (χ1) is 14.6. The molecule has 0 N–H and O–H groups in total. The molecule has 0 spiro atoms. The Morgan fingerprint density at radius 2 is 1.00 bits per heavy atom. The first kappa shape index (κ1) is 27.0. The average Bonchev–Trinajstić information content (AvgIpc) is 2.76. The van der Waals surface area contributed by atoms with Crippen LogP contribution in [0.15, 0.2) is 0 Å². The van der Waals surface area contributed by atoms with Gasteiger partial charge in [-0.2, -0.15) is 0 Å². The van der Waals surface area contributed by atoms with Gasteiger partial charge in [0, 0.05) is 0 Å². The number of esters is 2. The van der Waals surface area contributed by atoms with Crippen LogP contribution in [0.4, 0.5) is 0 Å². The lowest BCUT2D eigenvalue weighted by Gasteiger charge is -2.40. The highest BCUT2D eigenvalue weighted by Gasteiger charge is 2.48. The summed E-state index contributed by atoms with van der Waals surface area (Å²) in [7, 11) is 0. The van der Waals surface area contributed by atoms with Crippen molar-refractivity contribution < 1.29 is 19.1 Å². The van der Waals surface area contributed by atoms with Gasteiger partial charge in [-0.05, 0) is 50.4 Å². The van der Waals surface area contributed by atoms with E-state index in [1.807, 2.05) is 13.8 Å². The highest BCUT2D eigenvalue weighted by molar-refractivity contribution is 5.83. The standard InChI is InChI=1S/C26H48O4/c1-5-9-11-13-15-21-17-18-22(16-14-12-10-6-2)24(26(28)30-20-8-4)23(21)25(27)29-19-7-3/h21-24H,5-20H2,1-4H3. The van der Waals surface area contributed by atoms with Gasteiger partial charge in [0.1, 0.15) is 0 Å². The first-order valence-electron chi connectivity index (χ1n) is 12.9. The van der Waals surface area contributed by atoms with E-state index in [1.54, 1.807) is 0 Å². The predicted molar refractivity (Wildman–Crippen MR) is 123 cm³/mol. The molecular weight excluding hydrogens is 376 g/mol. The Kier molecular flexibility index (Phi) is 14.9. The second kappa shape index (κ2) is 16.6. The zero-order valence-corrected chi connectivity index (χ0v) is 20.3. The van der Waals surface area contributed by atoms with Crippen molar-refractivity contribution in [1.82, 2.24) is 0 Å². The minimum Gasteiger partial charge on any atom is -0.465 e. The van der Waals surface area contributed by atoms with Gasteiger partial charge in [0.25, 0.3) is 0 Å². The Balaban J connectivity index is 2.98. The third-order valence-electron chi connectivity index (χ3n) is 6.61. The third-order valence-corrected chi connectivity index (χ3v) is 6.61. The summed E-state index contributed by atoms with van der Waals surface area (Å²) in [5, 5.41) is 0. The van der Waals surface area contributed by atoms with Crippen molar-refractivity contribution in [3.8, 4) is 0 Å². The van der Waals surface area contributed by atoms with Crippen LogP contribution in [0.1, 0.15) is 118 Å². The lowest BCUT2D eigenvalue weighted by molar-refractivity contribution is -0.169. The summed E-state index contributed by atoms with van der Waals surface area (Å²) in [5.74, 6) is -0.474. The fraction of sp³-hybridized carbons (Fsp3) is 0.923. The van der Waals surface area contributed by atoms with Crippen molar-refractivity contribution in [3.63, 3.8) is 0 Å². The number of unbranched alkanes of at least 4 members (excludes halogenated alkanes) is 6. The van der Waals surface area contributed by atoms with Crippen LogP contribution in [-0.2, 0) is 19.1 Å². The van der Waals surface area contributed by atoms with Crippen molar-refractivity contribution in [2.75, 3.05) is 13.2 Å². The number of hydrogen-bond donors (Lipinski definition) is 0. The molecule has 176 valence electrons. The molecular formula is C26H48O4. The Morgan fingerprint density at radius 3 is 1.33 bits per heavy atom. The molecule has 0 amide bonds. The summed E-state index contributed by atoms with van der Waals surface area (Å²) in [6, 6.07) is 0. The largest absolute Gasteiger partial charge is 0.465 e. The van der Waals surface area contributed by atoms with Crippen molar-refractivity contribution in [2.24, 2.45) is 23.7 Å². The number of rotatable bonds is 16. The van der Waals surface area contributed by atoms with E-state index in [-0.39, 0.29) is 35.6 Å². The van der Waals surface area contributed by atoms with Gasteiger partial charge in [-0.15, -0.1) is 0 Å². The summed E-state index contributed by atoms with van der Waals surface area (Å²) < 4.78 is 11.2. The maximum absolute atomic E-state index is 13.1. The molecule has 1 rings (SSSR count). The van der Waals surface area contributed by atoms with E-state index < -0.39 is 0 Å². The van der Waals surface area contributed by atoms with Gasteiger partial charge in [-0.1, -0.05) is 79.1 Å². The van der Waals surface area contributed by atoms with Crippen LogP contribution in [0.5, 0.6) is 0 Å². The summed E-state index contributed by atoms with van der Waals surface area (Å²) in [6.45, 7) is 9.34. The Bertz CT molecular complexity index is 420. The Morgan fingerprint density at radius 1 is 0.600 bits per heavy atom. The Hall–Kier alpha value is -1.06. The van der Waals surface area contributed by atoms with Crippen molar-refractivity contribution in [2.45, 2.75) is 118 Å². The quantitative estimate of drug-likeness (QED) is 0.196. The van der Waals surface area contributed by atoms with E-state index in [1.165, 1.54) is 38.5 Å². The molecule has 0 heterocycles. The molecule has 1 aliphatic carbocycles. The SMILES string of the molecule is CCCCCCC1CCC(CCCCCC)C(C(=O)OCCC)C1C(=O)OCCC. The lowest BCUT2D eigenvalue weighted by atomic mass is 9.64. The topological polar surface area (TPSA) is 52.6 Å². The van der Waals surface area contributed by atoms with Crippen LogP contribution in [-0.4, -0.2) is 25.2 Å². The van der Waals surface area contributed by atoms with Crippen LogP contribution >= 0.6 is 0 Å². The van der Waals surface area contributed by atoms with Crippen molar-refractivity contribution >= 4 is 11.9 Å². The summed E-state index contributed by atoms with van der Waals surface area (Å²) in [6.07, 6.45) is 15.3. The van der Waals surface area contributed by atoms with Gasteiger partial charge in [0.15, 0.2) is 0 Å². The third kappa shape index (κ3) is 9.39. The molecule has 0 aliphatic heterocycles. The van der Waals surface area contributed by atoms with Crippen LogP contribution in [0.25, 0.3) is 0 Å². The van der Waals surface area contributed by atoms with Crippen LogP contribution < -0.4 is 0 Å². The molecule has 4 atom stereocenters. The van der Waals surface area contributed by atoms with Gasteiger partial charge in [-0.25, -0.2) is 0 Å². The predicted octanol–water partition coefficient (Wildman–Crippen LogP) is 7.09. The molecule has 0 radical (unpaired) electrons. The van der Waals surface area contributed by atoms with E-state index in [0.29, 0.717) is 13.2 Å². The molecule has 1 fully saturated rings. The van der Waals surface area contributed by atoms with E-state index in [0.717, 1.165) is 51.4 Å². The molecule has 0 bridgehead atoms. The van der Waals surface area contributed by atoms with Gasteiger partial charge in [0.05, 0.1) is 25.0 Å². The molecule has 4 heteroatoms. The van der Waals surface area contributed by atoms with E-state index in [2.05, 4.69) is 13.8 Å². The minimum absolute atomic E-state index is 0.158. The second-order valence-electron chi connectivity index (χ2n) is 9.18. The van der Waals surface area contributed by atoms with Gasteiger partial charge in [0.2, 0.25) is 0 Å². The summed E-state index contributed by atoms with van der Waals surface area (Å²) in [5.41, 5.74) is 0. The van der Waals surface area contributed by atoms with E-state index in [4.69, 9.17) is 9.47 Å². The van der Waals surface area contributed by atoms with Crippen LogP contribution in [0.3, 0.4) is 0 Å². The van der Waals surface area contributed by atoms with E-state index in [9.17, 15) is 9.59 Å². The molecule has 30 heavy (non-hydrogen) atoms. The molecule has 4 unspecified atom stereocenters. The van der Waals surface area contributed by atoms with E-state index >= 15 is 0 Å². The van der Waals surface area contributed by atoms with Crippen LogP contribution in [0.2, 0.25) is 0 Å². The van der Waals surface area contributed by atoms with Gasteiger partial charge in [-0.3, -0.25) is 9.59 Å². The molecule has 0 aromatic heterocycles. The Labute approximate surface area is 185 Å². The monoisotopic (exact) mass is 424 g/mol. The van der Waals surface area contributed by atoms with Crippen molar-refractivity contribution in [1.29, 1.82) is 0 Å². The van der Waals surface area contributed by atoms with Crippen molar-refractivity contribution in [3.05, 3.63) is 0 Å². The fourth-order valence-corrected chi connectivity index (χ4v) is 4.96. The first-order valence-corrected chi connectivity index (χ1v) is 12.9. The highest BCUT2D eigenvalue weighted by atomic mass is 16.5. The number of carbonyl (C=O) groups is 2. The maximum Gasteiger partial charge on any atom is 0.310 e.